The van der Waals surface area contributed by atoms with Crippen molar-refractivity contribution in [2.75, 3.05) is 6.54 Å². The van der Waals surface area contributed by atoms with Crippen LogP contribution in [-0.4, -0.2) is 47.1 Å². The molecule has 1 aliphatic rings. The zero-order valence-corrected chi connectivity index (χ0v) is 14.3. The highest BCUT2D eigenvalue weighted by atomic mass is 16.5. The van der Waals surface area contributed by atoms with E-state index >= 15 is 0 Å². The van der Waals surface area contributed by atoms with Gasteiger partial charge in [0.2, 0.25) is 11.7 Å². The van der Waals surface area contributed by atoms with Gasteiger partial charge >= 0.3 is 0 Å². The Balaban J connectivity index is 1.45. The molecular formula is C18H15N7O2. The van der Waals surface area contributed by atoms with E-state index in [9.17, 15) is 4.79 Å². The lowest BCUT2D eigenvalue weighted by atomic mass is 10.2. The van der Waals surface area contributed by atoms with Crippen LogP contribution in [0.2, 0.25) is 0 Å². The van der Waals surface area contributed by atoms with Gasteiger partial charge in [0.05, 0.1) is 6.20 Å². The van der Waals surface area contributed by atoms with Crippen molar-refractivity contribution in [2.45, 2.75) is 18.9 Å². The molecule has 5 heterocycles. The fourth-order valence-corrected chi connectivity index (χ4v) is 3.37. The first kappa shape index (κ1) is 15.6. The van der Waals surface area contributed by atoms with Gasteiger partial charge in [-0.15, -0.1) is 0 Å². The van der Waals surface area contributed by atoms with Crippen LogP contribution in [0.1, 0.15) is 35.1 Å². The SMILES string of the molecule is O=C(c1cnn2cccnc12)N1CCC[C@@H]1c1nc(-c2ccccn2)no1. The third kappa shape index (κ3) is 2.64. The summed E-state index contributed by atoms with van der Waals surface area (Å²) in [4.78, 5) is 27.8. The number of carbonyl (C=O) groups is 1. The molecule has 4 aromatic heterocycles. The van der Waals surface area contributed by atoms with Gasteiger partial charge < -0.3 is 9.42 Å². The molecule has 1 aliphatic heterocycles. The van der Waals surface area contributed by atoms with E-state index in [1.54, 1.807) is 40.3 Å². The van der Waals surface area contributed by atoms with Gasteiger partial charge in [0, 0.05) is 25.1 Å². The van der Waals surface area contributed by atoms with Gasteiger partial charge in [0.25, 0.3) is 5.91 Å². The van der Waals surface area contributed by atoms with Crippen LogP contribution in [0.4, 0.5) is 0 Å². The van der Waals surface area contributed by atoms with Crippen LogP contribution in [-0.2, 0) is 0 Å². The predicted octanol–water partition coefficient (Wildman–Crippen LogP) is 2.15. The second-order valence-electron chi connectivity index (χ2n) is 6.27. The maximum Gasteiger partial charge on any atom is 0.260 e. The highest BCUT2D eigenvalue weighted by Crippen LogP contribution is 2.33. The van der Waals surface area contributed by atoms with E-state index in [0.29, 0.717) is 35.2 Å². The maximum absolute atomic E-state index is 13.1. The number of hydrogen-bond acceptors (Lipinski definition) is 7. The summed E-state index contributed by atoms with van der Waals surface area (Å²) in [5, 5.41) is 8.22. The van der Waals surface area contributed by atoms with E-state index in [1.807, 2.05) is 18.2 Å². The molecule has 5 rings (SSSR count). The first-order chi connectivity index (χ1) is 13.3. The van der Waals surface area contributed by atoms with Crippen molar-refractivity contribution in [1.29, 1.82) is 0 Å². The Kier molecular flexibility index (Phi) is 3.63. The van der Waals surface area contributed by atoms with E-state index in [0.717, 1.165) is 12.8 Å². The summed E-state index contributed by atoms with van der Waals surface area (Å²) in [6, 6.07) is 7.01. The quantitative estimate of drug-likeness (QED) is 0.551. The Labute approximate surface area is 153 Å². The molecule has 9 nitrogen and oxygen atoms in total. The van der Waals surface area contributed by atoms with E-state index in [4.69, 9.17) is 4.52 Å². The summed E-state index contributed by atoms with van der Waals surface area (Å²) in [7, 11) is 0. The summed E-state index contributed by atoms with van der Waals surface area (Å²) in [6.07, 6.45) is 8.26. The molecule has 9 heteroatoms. The number of amides is 1. The molecule has 0 bridgehead atoms. The Morgan fingerprint density at radius 2 is 2.11 bits per heavy atom. The molecule has 1 fully saturated rings. The third-order valence-electron chi connectivity index (χ3n) is 4.64. The van der Waals surface area contributed by atoms with Crippen LogP contribution < -0.4 is 0 Å². The largest absolute Gasteiger partial charge is 0.337 e. The lowest BCUT2D eigenvalue weighted by Gasteiger charge is -2.21. The summed E-state index contributed by atoms with van der Waals surface area (Å²) in [5.74, 6) is 0.706. The lowest BCUT2D eigenvalue weighted by Crippen LogP contribution is -2.30. The van der Waals surface area contributed by atoms with Crippen LogP contribution >= 0.6 is 0 Å². The number of rotatable bonds is 3. The van der Waals surface area contributed by atoms with Crippen LogP contribution in [0.3, 0.4) is 0 Å². The molecule has 0 radical (unpaired) electrons. The normalized spacial score (nSPS) is 16.9. The van der Waals surface area contributed by atoms with Crippen molar-refractivity contribution >= 4 is 11.6 Å². The molecule has 1 atom stereocenters. The second kappa shape index (κ2) is 6.27. The third-order valence-corrected chi connectivity index (χ3v) is 4.64. The fraction of sp³-hybridized carbons (Fsp3) is 0.222. The Morgan fingerprint density at radius 3 is 3.00 bits per heavy atom. The minimum absolute atomic E-state index is 0.135. The molecule has 4 aromatic rings. The van der Waals surface area contributed by atoms with Crippen LogP contribution in [0.15, 0.2) is 53.6 Å². The minimum Gasteiger partial charge on any atom is -0.337 e. The average Bonchev–Trinajstić information content (AvgIpc) is 3.46. The number of fused-ring (bicyclic) bond motifs is 1. The molecule has 0 aliphatic carbocycles. The van der Waals surface area contributed by atoms with Crippen LogP contribution in [0.5, 0.6) is 0 Å². The van der Waals surface area contributed by atoms with Crippen molar-refractivity contribution in [1.82, 2.24) is 34.6 Å². The summed E-state index contributed by atoms with van der Waals surface area (Å²) in [6.45, 7) is 0.620. The van der Waals surface area contributed by atoms with Crippen molar-refractivity contribution in [3.8, 4) is 11.5 Å². The van der Waals surface area contributed by atoms with Crippen molar-refractivity contribution in [3.63, 3.8) is 0 Å². The monoisotopic (exact) mass is 361 g/mol. The number of likely N-dealkylation sites (tertiary alicyclic amines) is 1. The second-order valence-corrected chi connectivity index (χ2v) is 6.27. The number of aromatic nitrogens is 6. The van der Waals surface area contributed by atoms with Gasteiger partial charge in [0.15, 0.2) is 5.65 Å². The number of pyridine rings is 1. The molecule has 0 N–H and O–H groups in total. The van der Waals surface area contributed by atoms with E-state index in [1.165, 1.54) is 0 Å². The zero-order chi connectivity index (χ0) is 18.2. The molecule has 0 saturated carbocycles. The van der Waals surface area contributed by atoms with Crippen molar-refractivity contribution in [2.24, 2.45) is 0 Å². The van der Waals surface area contributed by atoms with Crippen molar-refractivity contribution < 1.29 is 9.32 Å². The topological polar surface area (TPSA) is 102 Å². The Hall–Kier alpha value is -3.62. The first-order valence-electron chi connectivity index (χ1n) is 8.65. The van der Waals surface area contributed by atoms with Crippen LogP contribution in [0, 0.1) is 0 Å². The number of hydrogen-bond donors (Lipinski definition) is 0. The van der Waals surface area contributed by atoms with Gasteiger partial charge in [-0.05, 0) is 31.0 Å². The predicted molar refractivity (Wildman–Crippen MR) is 93.5 cm³/mol. The summed E-state index contributed by atoms with van der Waals surface area (Å²) < 4.78 is 7.04. The maximum atomic E-state index is 13.1. The summed E-state index contributed by atoms with van der Waals surface area (Å²) in [5.41, 5.74) is 1.63. The van der Waals surface area contributed by atoms with Gasteiger partial charge in [0.1, 0.15) is 17.3 Å². The van der Waals surface area contributed by atoms with Gasteiger partial charge in [-0.1, -0.05) is 11.2 Å². The smallest absolute Gasteiger partial charge is 0.260 e. The number of nitrogens with zero attached hydrogens (tertiary/aromatic N) is 7. The van der Waals surface area contributed by atoms with Crippen molar-refractivity contribution in [3.05, 3.63) is 60.5 Å². The van der Waals surface area contributed by atoms with Gasteiger partial charge in [-0.2, -0.15) is 10.1 Å². The lowest BCUT2D eigenvalue weighted by molar-refractivity contribution is 0.0712. The standard InChI is InChI=1S/C18H15N7O2/c26-18(12-11-21-25-10-4-8-20-16(12)25)24-9-3-6-14(24)17-22-15(23-27-17)13-5-1-2-7-19-13/h1-2,4-5,7-8,10-11,14H,3,6,9H2/t14-/m1/s1. The van der Waals surface area contributed by atoms with E-state index < -0.39 is 0 Å². The molecule has 134 valence electrons. The minimum atomic E-state index is -0.263. The zero-order valence-electron chi connectivity index (χ0n) is 14.3. The van der Waals surface area contributed by atoms with E-state index in [2.05, 4.69) is 25.2 Å². The highest BCUT2D eigenvalue weighted by Gasteiger charge is 2.36. The molecule has 0 spiro atoms. The fourth-order valence-electron chi connectivity index (χ4n) is 3.37. The Morgan fingerprint density at radius 1 is 1.19 bits per heavy atom. The van der Waals surface area contributed by atoms with Gasteiger partial charge in [-0.25, -0.2) is 9.50 Å². The molecule has 27 heavy (non-hydrogen) atoms. The molecular weight excluding hydrogens is 346 g/mol. The average molecular weight is 361 g/mol. The molecule has 0 aromatic carbocycles. The molecule has 0 unspecified atom stereocenters. The van der Waals surface area contributed by atoms with Crippen LogP contribution in [0.25, 0.3) is 17.2 Å². The number of carbonyl (C=O) groups excluding carboxylic acids is 1. The first-order valence-corrected chi connectivity index (χ1v) is 8.65. The highest BCUT2D eigenvalue weighted by molar-refractivity contribution is 5.99. The Bertz CT molecular complexity index is 1110. The molecule has 1 amide bonds. The van der Waals surface area contributed by atoms with Gasteiger partial charge in [-0.3, -0.25) is 9.78 Å². The molecule has 1 saturated heterocycles. The summed E-state index contributed by atoms with van der Waals surface area (Å²) >= 11 is 0. The van der Waals surface area contributed by atoms with E-state index in [-0.39, 0.29) is 11.9 Å².